The molecule has 0 radical (unpaired) electrons. The molecule has 1 aromatic carbocycles. The molecular formula is C19H15FN4. The predicted molar refractivity (Wildman–Crippen MR) is 89.7 cm³/mol. The van der Waals surface area contributed by atoms with Crippen molar-refractivity contribution < 1.29 is 4.39 Å². The Morgan fingerprint density at radius 3 is 2.88 bits per heavy atom. The van der Waals surface area contributed by atoms with E-state index >= 15 is 0 Å². The van der Waals surface area contributed by atoms with E-state index in [1.807, 2.05) is 32.0 Å². The van der Waals surface area contributed by atoms with Gasteiger partial charge in [-0.3, -0.25) is 4.99 Å². The third-order valence-electron chi connectivity index (χ3n) is 4.29. The maximum absolute atomic E-state index is 14.3. The highest BCUT2D eigenvalue weighted by Gasteiger charge is 2.29. The number of benzene rings is 1. The van der Waals surface area contributed by atoms with Gasteiger partial charge in [0.15, 0.2) is 0 Å². The van der Waals surface area contributed by atoms with E-state index in [4.69, 9.17) is 10.3 Å². The van der Waals surface area contributed by atoms with Crippen molar-refractivity contribution in [2.24, 2.45) is 4.99 Å². The van der Waals surface area contributed by atoms with Gasteiger partial charge in [-0.05, 0) is 43.7 Å². The number of nitriles is 1. The summed E-state index contributed by atoms with van der Waals surface area (Å²) in [7, 11) is 0. The summed E-state index contributed by atoms with van der Waals surface area (Å²) in [4.78, 5) is 4.84. The minimum Gasteiger partial charge on any atom is -0.278 e. The molecule has 3 aromatic rings. The second-order valence-corrected chi connectivity index (χ2v) is 6.63. The molecule has 118 valence electrons. The molecule has 1 aliphatic rings. The lowest BCUT2D eigenvalue weighted by molar-refractivity contribution is 0.492. The van der Waals surface area contributed by atoms with Gasteiger partial charge in [-0.1, -0.05) is 12.1 Å². The first-order valence-electron chi connectivity index (χ1n) is 7.74. The summed E-state index contributed by atoms with van der Waals surface area (Å²) < 4.78 is 15.9. The predicted octanol–water partition coefficient (Wildman–Crippen LogP) is 3.52. The number of fused-ring (bicyclic) bond motifs is 2. The van der Waals surface area contributed by atoms with Gasteiger partial charge in [-0.2, -0.15) is 10.4 Å². The van der Waals surface area contributed by atoms with Crippen LogP contribution in [0.15, 0.2) is 47.6 Å². The number of rotatable bonds is 1. The minimum absolute atomic E-state index is 0.198. The van der Waals surface area contributed by atoms with Crippen LogP contribution in [-0.2, 0) is 6.42 Å². The monoisotopic (exact) mass is 318 g/mol. The first-order chi connectivity index (χ1) is 11.5. The van der Waals surface area contributed by atoms with Crippen LogP contribution in [0, 0.1) is 17.1 Å². The average Bonchev–Trinajstić information content (AvgIpc) is 2.97. The second-order valence-electron chi connectivity index (χ2n) is 6.63. The highest BCUT2D eigenvalue weighted by Crippen LogP contribution is 2.31. The van der Waals surface area contributed by atoms with Crippen LogP contribution in [0.2, 0.25) is 0 Å². The zero-order chi connectivity index (χ0) is 16.9. The van der Waals surface area contributed by atoms with Crippen molar-refractivity contribution in [1.29, 1.82) is 5.26 Å². The summed E-state index contributed by atoms with van der Waals surface area (Å²) >= 11 is 0. The standard InChI is InChI=1S/C19H15FN4/c1-19(2)9-16-15(4-3-5-17(16)20)18(23-19)12-8-13-6-7-14(10-21)24(13)22-11-12/h3-8,11H,9H2,1-2H3. The number of aromatic nitrogens is 2. The lowest BCUT2D eigenvalue weighted by atomic mass is 9.85. The van der Waals surface area contributed by atoms with Crippen molar-refractivity contribution in [2.75, 3.05) is 0 Å². The molecule has 0 fully saturated rings. The topological polar surface area (TPSA) is 53.5 Å². The largest absolute Gasteiger partial charge is 0.278 e. The van der Waals surface area contributed by atoms with Crippen LogP contribution >= 0.6 is 0 Å². The van der Waals surface area contributed by atoms with Crippen molar-refractivity contribution in [1.82, 2.24) is 9.61 Å². The van der Waals surface area contributed by atoms with Gasteiger partial charge < -0.3 is 0 Å². The van der Waals surface area contributed by atoms with E-state index in [1.54, 1.807) is 22.8 Å². The normalized spacial score (nSPS) is 15.7. The molecule has 0 N–H and O–H groups in total. The Hall–Kier alpha value is -3.00. The minimum atomic E-state index is -0.379. The van der Waals surface area contributed by atoms with Crippen LogP contribution in [0.1, 0.15) is 36.2 Å². The number of nitrogens with zero attached hydrogens (tertiary/aromatic N) is 4. The summed E-state index contributed by atoms with van der Waals surface area (Å²) in [5, 5.41) is 13.4. The lowest BCUT2D eigenvalue weighted by Gasteiger charge is -2.29. The molecule has 4 nitrogen and oxygen atoms in total. The van der Waals surface area contributed by atoms with E-state index < -0.39 is 0 Å². The molecule has 0 saturated carbocycles. The molecule has 0 saturated heterocycles. The third kappa shape index (κ3) is 2.19. The fourth-order valence-corrected chi connectivity index (χ4v) is 3.23. The first kappa shape index (κ1) is 14.6. The molecule has 24 heavy (non-hydrogen) atoms. The zero-order valence-corrected chi connectivity index (χ0v) is 13.4. The third-order valence-corrected chi connectivity index (χ3v) is 4.29. The van der Waals surface area contributed by atoms with Gasteiger partial charge in [0.05, 0.1) is 23.0 Å². The Morgan fingerprint density at radius 1 is 1.25 bits per heavy atom. The van der Waals surface area contributed by atoms with E-state index in [0.717, 1.165) is 22.4 Å². The smallest absolute Gasteiger partial charge is 0.142 e. The van der Waals surface area contributed by atoms with Gasteiger partial charge in [0.2, 0.25) is 0 Å². The van der Waals surface area contributed by atoms with Gasteiger partial charge in [-0.15, -0.1) is 0 Å². The average molecular weight is 318 g/mol. The van der Waals surface area contributed by atoms with Crippen LogP contribution in [0.5, 0.6) is 0 Å². The van der Waals surface area contributed by atoms with E-state index in [2.05, 4.69) is 11.2 Å². The Labute approximate surface area is 138 Å². The molecule has 3 heterocycles. The van der Waals surface area contributed by atoms with Gasteiger partial charge in [-0.25, -0.2) is 8.91 Å². The lowest BCUT2D eigenvalue weighted by Crippen LogP contribution is -2.30. The molecule has 1 aliphatic heterocycles. The van der Waals surface area contributed by atoms with E-state index in [9.17, 15) is 4.39 Å². The van der Waals surface area contributed by atoms with Crippen LogP contribution in [-0.4, -0.2) is 20.9 Å². The second kappa shape index (κ2) is 5.00. The van der Waals surface area contributed by atoms with Gasteiger partial charge in [0, 0.05) is 17.5 Å². The SMILES string of the molecule is CC1(C)Cc2c(F)cccc2C(c2cnn3c(C#N)ccc3c2)=N1. The van der Waals surface area contributed by atoms with Crippen LogP contribution < -0.4 is 0 Å². The van der Waals surface area contributed by atoms with Crippen molar-refractivity contribution in [3.05, 3.63) is 70.8 Å². The Bertz CT molecular complexity index is 1040. The molecule has 0 unspecified atom stereocenters. The first-order valence-corrected chi connectivity index (χ1v) is 7.74. The maximum Gasteiger partial charge on any atom is 0.142 e. The fourth-order valence-electron chi connectivity index (χ4n) is 3.23. The number of aliphatic imine (C=N–C) groups is 1. The number of hydrogen-bond donors (Lipinski definition) is 0. The maximum atomic E-state index is 14.3. The van der Waals surface area contributed by atoms with E-state index in [-0.39, 0.29) is 11.4 Å². The van der Waals surface area contributed by atoms with Crippen molar-refractivity contribution in [3.63, 3.8) is 0 Å². The molecule has 0 amide bonds. The highest BCUT2D eigenvalue weighted by molar-refractivity contribution is 6.14. The number of halogens is 1. The Morgan fingerprint density at radius 2 is 2.08 bits per heavy atom. The van der Waals surface area contributed by atoms with Crippen LogP contribution in [0.4, 0.5) is 4.39 Å². The molecule has 0 spiro atoms. The van der Waals surface area contributed by atoms with Gasteiger partial charge in [0.25, 0.3) is 0 Å². The van der Waals surface area contributed by atoms with Crippen molar-refractivity contribution >= 4 is 11.2 Å². The summed E-state index contributed by atoms with van der Waals surface area (Å²) in [6, 6.07) is 12.7. The fraction of sp³-hybridized carbons (Fsp3) is 0.211. The van der Waals surface area contributed by atoms with Crippen LogP contribution in [0.25, 0.3) is 5.52 Å². The highest BCUT2D eigenvalue weighted by atomic mass is 19.1. The molecule has 5 heteroatoms. The quantitative estimate of drug-likeness (QED) is 0.689. The molecule has 0 bridgehead atoms. The summed E-state index contributed by atoms with van der Waals surface area (Å²) in [6.07, 6.45) is 2.25. The van der Waals surface area contributed by atoms with Gasteiger partial charge >= 0.3 is 0 Å². The number of hydrogen-bond acceptors (Lipinski definition) is 3. The molecule has 2 aromatic heterocycles. The molecule has 0 aliphatic carbocycles. The molecule has 4 rings (SSSR count). The van der Waals surface area contributed by atoms with Crippen molar-refractivity contribution in [3.8, 4) is 6.07 Å². The Kier molecular flexibility index (Phi) is 3.04. The molecular weight excluding hydrogens is 303 g/mol. The van der Waals surface area contributed by atoms with E-state index in [0.29, 0.717) is 17.7 Å². The summed E-state index contributed by atoms with van der Waals surface area (Å²) in [5.74, 6) is -0.198. The zero-order valence-electron chi connectivity index (χ0n) is 13.4. The molecule has 0 atom stereocenters. The summed E-state index contributed by atoms with van der Waals surface area (Å²) in [5.41, 5.74) is 3.99. The Balaban J connectivity index is 1.94. The van der Waals surface area contributed by atoms with Crippen LogP contribution in [0.3, 0.4) is 0 Å². The summed E-state index contributed by atoms with van der Waals surface area (Å²) in [6.45, 7) is 4.00. The van der Waals surface area contributed by atoms with Crippen molar-refractivity contribution in [2.45, 2.75) is 25.8 Å². The van der Waals surface area contributed by atoms with Gasteiger partial charge in [0.1, 0.15) is 17.6 Å². The van der Waals surface area contributed by atoms with E-state index in [1.165, 1.54) is 6.07 Å².